The second kappa shape index (κ2) is 7.87. The van der Waals surface area contributed by atoms with Crippen molar-refractivity contribution in [2.24, 2.45) is 0 Å². The first-order valence-electron chi connectivity index (χ1n) is 9.46. The first-order chi connectivity index (χ1) is 14.0. The number of nitrogens with zero attached hydrogens (tertiary/aromatic N) is 1. The lowest BCUT2D eigenvalue weighted by Crippen LogP contribution is -2.39. The van der Waals surface area contributed by atoms with Crippen LogP contribution >= 0.6 is 0 Å². The number of carbonyl (C=O) groups excluding carboxylic acids is 2. The van der Waals surface area contributed by atoms with Gasteiger partial charge in [0.1, 0.15) is 11.6 Å². The number of rotatable bonds is 5. The van der Waals surface area contributed by atoms with Crippen LogP contribution in [-0.4, -0.2) is 24.3 Å². The van der Waals surface area contributed by atoms with Crippen molar-refractivity contribution < 1.29 is 18.7 Å². The summed E-state index contributed by atoms with van der Waals surface area (Å²) in [6.45, 7) is 1.94. The predicted octanol–water partition coefficient (Wildman–Crippen LogP) is 4.41. The van der Waals surface area contributed by atoms with Crippen molar-refractivity contribution in [3.05, 3.63) is 95.3 Å². The van der Waals surface area contributed by atoms with Gasteiger partial charge in [-0.1, -0.05) is 18.2 Å². The summed E-state index contributed by atoms with van der Waals surface area (Å²) in [4.78, 5) is 26.9. The SMILES string of the molecule is CC1Cc2ccccc2N1C(=O)COc1ccc(C(=O)c2ccc(F)cc2)cc1. The van der Waals surface area contributed by atoms with E-state index in [1.165, 1.54) is 24.3 Å². The zero-order valence-electron chi connectivity index (χ0n) is 16.0. The minimum Gasteiger partial charge on any atom is -0.484 e. The molecule has 0 bridgehead atoms. The lowest BCUT2D eigenvalue weighted by atomic mass is 10.0. The van der Waals surface area contributed by atoms with Gasteiger partial charge in [0.25, 0.3) is 5.91 Å². The minimum absolute atomic E-state index is 0.0794. The van der Waals surface area contributed by atoms with E-state index in [1.54, 1.807) is 29.2 Å². The summed E-state index contributed by atoms with van der Waals surface area (Å²) in [7, 11) is 0. The highest BCUT2D eigenvalue weighted by Gasteiger charge is 2.30. The first kappa shape index (κ1) is 18.9. The number of fused-ring (bicyclic) bond motifs is 1. The summed E-state index contributed by atoms with van der Waals surface area (Å²) in [5.74, 6) is -0.178. The normalized spacial score (nSPS) is 15.1. The van der Waals surface area contributed by atoms with Gasteiger partial charge in [-0.25, -0.2) is 4.39 Å². The summed E-state index contributed by atoms with van der Waals surface area (Å²) in [5, 5.41) is 0. The van der Waals surface area contributed by atoms with Crippen molar-refractivity contribution in [1.82, 2.24) is 0 Å². The van der Waals surface area contributed by atoms with Gasteiger partial charge < -0.3 is 9.64 Å². The predicted molar refractivity (Wildman–Crippen MR) is 109 cm³/mol. The van der Waals surface area contributed by atoms with E-state index in [2.05, 4.69) is 0 Å². The third-order valence-electron chi connectivity index (χ3n) is 5.06. The molecule has 1 aliphatic heterocycles. The average molecular weight is 389 g/mol. The molecule has 0 radical (unpaired) electrons. The topological polar surface area (TPSA) is 46.6 Å². The van der Waals surface area contributed by atoms with E-state index in [-0.39, 0.29) is 30.2 Å². The fourth-order valence-electron chi connectivity index (χ4n) is 3.63. The number of ketones is 1. The number of anilines is 1. The molecular formula is C24H20FNO3. The molecule has 1 unspecified atom stereocenters. The maximum Gasteiger partial charge on any atom is 0.265 e. The molecule has 0 aromatic heterocycles. The van der Waals surface area contributed by atoms with Crippen molar-refractivity contribution >= 4 is 17.4 Å². The molecule has 0 N–H and O–H groups in total. The van der Waals surface area contributed by atoms with Crippen molar-refractivity contribution in [3.63, 3.8) is 0 Å². The Labute approximate surface area is 168 Å². The molecular weight excluding hydrogens is 369 g/mol. The summed E-state index contributed by atoms with van der Waals surface area (Å²) < 4.78 is 18.7. The van der Waals surface area contributed by atoms with Crippen molar-refractivity contribution in [2.75, 3.05) is 11.5 Å². The molecule has 29 heavy (non-hydrogen) atoms. The number of hydrogen-bond acceptors (Lipinski definition) is 3. The van der Waals surface area contributed by atoms with Gasteiger partial charge >= 0.3 is 0 Å². The number of hydrogen-bond donors (Lipinski definition) is 0. The number of amides is 1. The van der Waals surface area contributed by atoms with E-state index in [0.29, 0.717) is 16.9 Å². The summed E-state index contributed by atoms with van der Waals surface area (Å²) in [6, 6.07) is 20.0. The second-order valence-electron chi connectivity index (χ2n) is 7.09. The van der Waals surface area contributed by atoms with Gasteiger partial charge in [-0.05, 0) is 73.5 Å². The second-order valence-corrected chi connectivity index (χ2v) is 7.09. The Morgan fingerprint density at radius 3 is 2.28 bits per heavy atom. The van der Waals surface area contributed by atoms with Gasteiger partial charge in [0, 0.05) is 22.9 Å². The summed E-state index contributed by atoms with van der Waals surface area (Å²) in [6.07, 6.45) is 0.835. The third kappa shape index (κ3) is 3.90. The van der Waals surface area contributed by atoms with E-state index >= 15 is 0 Å². The standard InChI is InChI=1S/C24H20FNO3/c1-16-14-19-4-2-3-5-22(19)26(16)23(27)15-29-21-12-8-18(9-13-21)24(28)17-6-10-20(25)11-7-17/h2-13,16H,14-15H2,1H3. The molecule has 5 heteroatoms. The van der Waals surface area contributed by atoms with E-state index < -0.39 is 0 Å². The fourth-order valence-corrected chi connectivity index (χ4v) is 3.63. The van der Waals surface area contributed by atoms with Crippen LogP contribution in [0.15, 0.2) is 72.8 Å². The largest absolute Gasteiger partial charge is 0.484 e. The first-order valence-corrected chi connectivity index (χ1v) is 9.46. The molecule has 3 aromatic carbocycles. The Hall–Kier alpha value is -3.47. The molecule has 4 nitrogen and oxygen atoms in total. The zero-order chi connectivity index (χ0) is 20.4. The molecule has 146 valence electrons. The Bertz CT molecular complexity index is 1040. The fraction of sp³-hybridized carbons (Fsp3) is 0.167. The van der Waals surface area contributed by atoms with Crippen molar-refractivity contribution in [3.8, 4) is 5.75 Å². The zero-order valence-corrected chi connectivity index (χ0v) is 16.0. The molecule has 1 amide bonds. The monoisotopic (exact) mass is 389 g/mol. The molecule has 0 saturated heterocycles. The number of halogens is 1. The highest BCUT2D eigenvalue weighted by atomic mass is 19.1. The van der Waals surface area contributed by atoms with Crippen LogP contribution in [0.5, 0.6) is 5.75 Å². The highest BCUT2D eigenvalue weighted by molar-refractivity contribution is 6.09. The Balaban J connectivity index is 1.40. The lowest BCUT2D eigenvalue weighted by molar-refractivity contribution is -0.120. The molecule has 1 atom stereocenters. The van der Waals surface area contributed by atoms with Crippen LogP contribution in [0.3, 0.4) is 0 Å². The molecule has 0 saturated carbocycles. The van der Waals surface area contributed by atoms with Crippen LogP contribution in [-0.2, 0) is 11.2 Å². The average Bonchev–Trinajstić information content (AvgIpc) is 3.08. The number of carbonyl (C=O) groups is 2. The van der Waals surface area contributed by atoms with Crippen molar-refractivity contribution in [2.45, 2.75) is 19.4 Å². The lowest BCUT2D eigenvalue weighted by Gasteiger charge is -2.22. The maximum absolute atomic E-state index is 13.0. The van der Waals surface area contributed by atoms with Gasteiger partial charge in [0.2, 0.25) is 0 Å². The molecule has 3 aromatic rings. The third-order valence-corrected chi connectivity index (χ3v) is 5.06. The summed E-state index contributed by atoms with van der Waals surface area (Å²) >= 11 is 0. The molecule has 4 rings (SSSR count). The quantitative estimate of drug-likeness (QED) is 0.607. The highest BCUT2D eigenvalue weighted by Crippen LogP contribution is 2.31. The molecule has 0 fully saturated rings. The maximum atomic E-state index is 13.0. The minimum atomic E-state index is -0.384. The molecule has 1 aliphatic rings. The van der Waals surface area contributed by atoms with Crippen LogP contribution < -0.4 is 9.64 Å². The van der Waals surface area contributed by atoms with E-state index in [1.807, 2.05) is 31.2 Å². The van der Waals surface area contributed by atoms with Crippen molar-refractivity contribution in [1.29, 1.82) is 0 Å². The van der Waals surface area contributed by atoms with E-state index in [4.69, 9.17) is 4.74 Å². The number of para-hydroxylation sites is 1. The molecule has 1 heterocycles. The van der Waals surface area contributed by atoms with Crippen LogP contribution in [0.4, 0.5) is 10.1 Å². The van der Waals surface area contributed by atoms with Gasteiger partial charge in [0.05, 0.1) is 0 Å². The van der Waals surface area contributed by atoms with E-state index in [0.717, 1.165) is 17.7 Å². The van der Waals surface area contributed by atoms with E-state index in [9.17, 15) is 14.0 Å². The van der Waals surface area contributed by atoms with Crippen LogP contribution in [0.1, 0.15) is 28.4 Å². The van der Waals surface area contributed by atoms with Gasteiger partial charge in [-0.2, -0.15) is 0 Å². The Morgan fingerprint density at radius 1 is 0.966 bits per heavy atom. The van der Waals surface area contributed by atoms with Crippen LogP contribution in [0.2, 0.25) is 0 Å². The number of benzene rings is 3. The molecule has 0 aliphatic carbocycles. The van der Waals surface area contributed by atoms with Crippen LogP contribution in [0, 0.1) is 5.82 Å². The van der Waals surface area contributed by atoms with Gasteiger partial charge in [-0.3, -0.25) is 9.59 Å². The van der Waals surface area contributed by atoms with Crippen LogP contribution in [0.25, 0.3) is 0 Å². The smallest absolute Gasteiger partial charge is 0.265 e. The Morgan fingerprint density at radius 2 is 1.59 bits per heavy atom. The van der Waals surface area contributed by atoms with Gasteiger partial charge in [0.15, 0.2) is 12.4 Å². The molecule has 0 spiro atoms. The van der Waals surface area contributed by atoms with Gasteiger partial charge in [-0.15, -0.1) is 0 Å². The Kier molecular flexibility index (Phi) is 5.12. The summed E-state index contributed by atoms with van der Waals surface area (Å²) in [5.41, 5.74) is 2.99. The number of ether oxygens (including phenoxy) is 1.